The highest BCUT2D eigenvalue weighted by Crippen LogP contribution is 2.45. The highest BCUT2D eigenvalue weighted by Gasteiger charge is 2.44. The molecule has 0 spiro atoms. The molecule has 0 aliphatic carbocycles. The first-order valence-electron chi connectivity index (χ1n) is 13.0. The minimum atomic E-state index is -0.423. The van der Waals surface area contributed by atoms with Crippen molar-refractivity contribution in [2.75, 3.05) is 39.3 Å². The second kappa shape index (κ2) is 12.2. The quantitative estimate of drug-likeness (QED) is 0.336. The predicted molar refractivity (Wildman–Crippen MR) is 154 cm³/mol. The van der Waals surface area contributed by atoms with Gasteiger partial charge in [0.05, 0.1) is 24.8 Å². The number of carbonyl (C=O) groups is 2. The number of amides is 2. The Morgan fingerprint density at radius 3 is 2.15 bits per heavy atom. The molecule has 2 amide bonds. The van der Waals surface area contributed by atoms with E-state index in [1.165, 1.54) is 0 Å². The van der Waals surface area contributed by atoms with Crippen LogP contribution in [-0.2, 0) is 4.79 Å². The molecule has 202 valence electrons. The van der Waals surface area contributed by atoms with Crippen LogP contribution in [0.2, 0.25) is 10.0 Å². The van der Waals surface area contributed by atoms with Crippen molar-refractivity contribution in [3.63, 3.8) is 0 Å². The molecule has 1 fully saturated rings. The van der Waals surface area contributed by atoms with Gasteiger partial charge >= 0.3 is 6.03 Å². The number of hydrogen-bond donors (Lipinski definition) is 0. The predicted octanol–water partition coefficient (Wildman–Crippen LogP) is 5.87. The van der Waals surface area contributed by atoms with Crippen LogP contribution in [0.3, 0.4) is 0 Å². The maximum absolute atomic E-state index is 14.4. The molecule has 0 radical (unpaired) electrons. The Bertz CT molecular complexity index is 1340. The molecule has 2 atom stereocenters. The van der Waals surface area contributed by atoms with Gasteiger partial charge in [0, 0.05) is 36.2 Å². The van der Waals surface area contributed by atoms with Crippen molar-refractivity contribution in [3.8, 4) is 5.75 Å². The van der Waals surface area contributed by atoms with E-state index in [2.05, 4.69) is 0 Å². The topological polar surface area (TPSA) is 65.5 Å². The fourth-order valence-electron chi connectivity index (χ4n) is 5.17. The zero-order valence-corrected chi connectivity index (χ0v) is 23.2. The van der Waals surface area contributed by atoms with Crippen LogP contribution in [-0.4, -0.2) is 72.2 Å². The number of urea groups is 1. The SMILES string of the molecule is CCOc1ccccc1C1=N[C@@H](c2ccc(Cl)cc2)[C@@H](c2ccc(Cl)cc2)N1C(=O)N1CCN(CC=O)CC1. The molecule has 2 heterocycles. The molecule has 5 rings (SSSR count). The second-order valence-electron chi connectivity index (χ2n) is 9.48. The summed E-state index contributed by atoms with van der Waals surface area (Å²) < 4.78 is 5.97. The Labute approximate surface area is 238 Å². The van der Waals surface area contributed by atoms with Crippen LogP contribution in [0.5, 0.6) is 5.75 Å². The van der Waals surface area contributed by atoms with Crippen LogP contribution in [0.25, 0.3) is 0 Å². The molecule has 3 aromatic carbocycles. The summed E-state index contributed by atoms with van der Waals surface area (Å²) in [6.45, 7) is 5.08. The summed E-state index contributed by atoms with van der Waals surface area (Å²) in [6.07, 6.45) is 0.903. The first-order chi connectivity index (χ1) is 19.0. The highest BCUT2D eigenvalue weighted by atomic mass is 35.5. The van der Waals surface area contributed by atoms with Gasteiger partial charge in [0.1, 0.15) is 23.9 Å². The Kier molecular flexibility index (Phi) is 8.50. The van der Waals surface area contributed by atoms with E-state index >= 15 is 0 Å². The molecule has 0 N–H and O–H groups in total. The van der Waals surface area contributed by atoms with Gasteiger partial charge in [0.15, 0.2) is 0 Å². The van der Waals surface area contributed by atoms with E-state index in [0.29, 0.717) is 61.0 Å². The lowest BCUT2D eigenvalue weighted by atomic mass is 9.93. The molecule has 0 saturated carbocycles. The van der Waals surface area contributed by atoms with Crippen molar-refractivity contribution in [3.05, 3.63) is 99.5 Å². The zero-order chi connectivity index (χ0) is 27.4. The summed E-state index contributed by atoms with van der Waals surface area (Å²) in [5, 5.41) is 1.25. The van der Waals surface area contributed by atoms with Gasteiger partial charge in [-0.25, -0.2) is 4.79 Å². The Morgan fingerprint density at radius 1 is 0.923 bits per heavy atom. The van der Waals surface area contributed by atoms with Gasteiger partial charge in [0.2, 0.25) is 0 Å². The van der Waals surface area contributed by atoms with Gasteiger partial charge in [-0.1, -0.05) is 59.6 Å². The third-order valence-corrected chi connectivity index (χ3v) is 7.60. The minimum absolute atomic E-state index is 0.137. The number of amidine groups is 1. The molecular weight excluding hydrogens is 535 g/mol. The van der Waals surface area contributed by atoms with E-state index in [1.54, 1.807) is 4.90 Å². The number of rotatable bonds is 7. The molecule has 0 unspecified atom stereocenters. The molecule has 39 heavy (non-hydrogen) atoms. The first-order valence-corrected chi connectivity index (χ1v) is 13.8. The molecule has 2 aliphatic heterocycles. The summed E-state index contributed by atoms with van der Waals surface area (Å²) in [7, 11) is 0. The van der Waals surface area contributed by atoms with E-state index < -0.39 is 6.04 Å². The lowest BCUT2D eigenvalue weighted by Gasteiger charge is -2.38. The lowest BCUT2D eigenvalue weighted by Crippen LogP contribution is -2.54. The number of nitrogens with zero attached hydrogens (tertiary/aromatic N) is 4. The standard InChI is InChI=1S/C30H30Cl2N4O3/c1-2-39-26-6-4-3-5-25(26)29-33-27(21-7-11-23(31)12-8-21)28(22-9-13-24(32)14-10-22)36(29)30(38)35-17-15-34(16-18-35)19-20-37/h3-14,20,27-28H,2,15-19H2,1H3/t27-,28+/m0/s1. The number of aldehydes is 1. The van der Waals surface area contributed by atoms with Gasteiger partial charge in [-0.15, -0.1) is 0 Å². The van der Waals surface area contributed by atoms with Crippen molar-refractivity contribution in [1.29, 1.82) is 0 Å². The number of ether oxygens (including phenoxy) is 1. The zero-order valence-electron chi connectivity index (χ0n) is 21.7. The maximum atomic E-state index is 14.4. The van der Waals surface area contributed by atoms with Crippen molar-refractivity contribution < 1.29 is 14.3 Å². The van der Waals surface area contributed by atoms with Crippen molar-refractivity contribution >= 4 is 41.4 Å². The normalized spacial score (nSPS) is 19.6. The smallest absolute Gasteiger partial charge is 0.326 e. The lowest BCUT2D eigenvalue weighted by molar-refractivity contribution is -0.109. The molecule has 3 aromatic rings. The summed E-state index contributed by atoms with van der Waals surface area (Å²) in [4.78, 5) is 36.3. The van der Waals surface area contributed by atoms with Crippen LogP contribution in [0.15, 0.2) is 77.8 Å². The van der Waals surface area contributed by atoms with E-state index in [9.17, 15) is 9.59 Å². The Morgan fingerprint density at radius 2 is 1.54 bits per heavy atom. The fraction of sp³-hybridized carbons (Fsp3) is 0.300. The monoisotopic (exact) mass is 564 g/mol. The third kappa shape index (κ3) is 5.81. The number of halogens is 2. The number of hydrogen-bond acceptors (Lipinski definition) is 5. The number of benzene rings is 3. The molecule has 7 nitrogen and oxygen atoms in total. The maximum Gasteiger partial charge on any atom is 0.326 e. The number of piperazine rings is 1. The van der Waals surface area contributed by atoms with Crippen molar-refractivity contribution in [1.82, 2.24) is 14.7 Å². The number of para-hydroxylation sites is 1. The first kappa shape index (κ1) is 27.2. The molecule has 1 saturated heterocycles. The minimum Gasteiger partial charge on any atom is -0.493 e. The number of aliphatic imine (C=N–C) groups is 1. The fourth-order valence-corrected chi connectivity index (χ4v) is 5.42. The van der Waals surface area contributed by atoms with E-state index in [1.807, 2.05) is 89.5 Å². The van der Waals surface area contributed by atoms with Gasteiger partial charge < -0.3 is 14.4 Å². The van der Waals surface area contributed by atoms with E-state index in [0.717, 1.165) is 23.0 Å². The molecule has 0 bridgehead atoms. The van der Waals surface area contributed by atoms with Crippen LogP contribution in [0, 0.1) is 0 Å². The second-order valence-corrected chi connectivity index (χ2v) is 10.4. The van der Waals surface area contributed by atoms with Crippen LogP contribution < -0.4 is 4.74 Å². The van der Waals surface area contributed by atoms with Crippen molar-refractivity contribution in [2.45, 2.75) is 19.0 Å². The third-order valence-electron chi connectivity index (χ3n) is 7.10. The summed E-state index contributed by atoms with van der Waals surface area (Å²) in [5.41, 5.74) is 2.61. The molecular formula is C30H30Cl2N4O3. The van der Waals surface area contributed by atoms with Crippen molar-refractivity contribution in [2.24, 2.45) is 4.99 Å². The van der Waals surface area contributed by atoms with Crippen LogP contribution >= 0.6 is 23.2 Å². The van der Waals surface area contributed by atoms with E-state index in [4.69, 9.17) is 32.9 Å². The van der Waals surface area contributed by atoms with Gasteiger partial charge in [0.25, 0.3) is 0 Å². The summed E-state index contributed by atoms with van der Waals surface area (Å²) in [5.74, 6) is 1.22. The average molecular weight is 566 g/mol. The Balaban J connectivity index is 1.62. The number of carbonyl (C=O) groups excluding carboxylic acids is 2. The molecule has 9 heteroatoms. The van der Waals surface area contributed by atoms with Gasteiger partial charge in [-0.05, 0) is 54.4 Å². The molecule has 0 aromatic heterocycles. The average Bonchev–Trinajstić information content (AvgIpc) is 3.35. The van der Waals surface area contributed by atoms with Gasteiger partial charge in [-0.2, -0.15) is 0 Å². The van der Waals surface area contributed by atoms with Gasteiger partial charge in [-0.3, -0.25) is 14.8 Å². The van der Waals surface area contributed by atoms with E-state index in [-0.39, 0.29) is 12.1 Å². The largest absolute Gasteiger partial charge is 0.493 e. The highest BCUT2D eigenvalue weighted by molar-refractivity contribution is 6.30. The summed E-state index contributed by atoms with van der Waals surface area (Å²) in [6, 6.07) is 21.9. The Hall–Kier alpha value is -3.39. The molecule has 2 aliphatic rings. The van der Waals surface area contributed by atoms with Crippen LogP contribution in [0.4, 0.5) is 4.79 Å². The summed E-state index contributed by atoms with van der Waals surface area (Å²) >= 11 is 12.5. The van der Waals surface area contributed by atoms with Crippen LogP contribution in [0.1, 0.15) is 35.7 Å².